The molecule has 0 radical (unpaired) electrons. The molecule has 0 bridgehead atoms. The van der Waals surface area contributed by atoms with Crippen molar-refractivity contribution in [2.75, 3.05) is 20.8 Å². The summed E-state index contributed by atoms with van der Waals surface area (Å²) < 4.78 is 10.8. The van der Waals surface area contributed by atoms with Crippen LogP contribution in [0.1, 0.15) is 33.2 Å². The van der Waals surface area contributed by atoms with Crippen molar-refractivity contribution in [3.8, 4) is 28.5 Å². The molecule has 3 aromatic carbocycles. The van der Waals surface area contributed by atoms with Gasteiger partial charge in [-0.05, 0) is 60.0 Å². The Morgan fingerprint density at radius 1 is 1.00 bits per heavy atom. The first-order valence-corrected chi connectivity index (χ1v) is 12.0. The van der Waals surface area contributed by atoms with E-state index >= 15 is 0 Å². The lowest BCUT2D eigenvalue weighted by Crippen LogP contribution is -2.31. The second-order valence-electron chi connectivity index (χ2n) is 9.06. The summed E-state index contributed by atoms with van der Waals surface area (Å²) in [5.74, 6) is 1.57. The summed E-state index contributed by atoms with van der Waals surface area (Å²) in [6.07, 6.45) is 2.64. The van der Waals surface area contributed by atoms with E-state index in [0.717, 1.165) is 38.9 Å². The van der Waals surface area contributed by atoms with Crippen molar-refractivity contribution >= 4 is 16.8 Å². The number of aromatic nitrogens is 3. The zero-order valence-corrected chi connectivity index (χ0v) is 20.5. The predicted molar refractivity (Wildman–Crippen MR) is 140 cm³/mol. The highest BCUT2D eigenvalue weighted by Crippen LogP contribution is 2.43. The van der Waals surface area contributed by atoms with E-state index in [2.05, 4.69) is 15.2 Å². The first kappa shape index (κ1) is 22.7. The first-order valence-electron chi connectivity index (χ1n) is 12.0. The second-order valence-corrected chi connectivity index (χ2v) is 9.06. The average molecular weight is 495 g/mol. The largest absolute Gasteiger partial charge is 0.508 e. The van der Waals surface area contributed by atoms with Gasteiger partial charge in [0.1, 0.15) is 22.9 Å². The monoisotopic (exact) mass is 494 g/mol. The van der Waals surface area contributed by atoms with E-state index in [9.17, 15) is 9.90 Å². The van der Waals surface area contributed by atoms with E-state index < -0.39 is 0 Å². The Kier molecular flexibility index (Phi) is 5.56. The maximum Gasteiger partial charge on any atom is 0.273 e. The number of aromatic hydroxyl groups is 1. The third kappa shape index (κ3) is 3.87. The number of methoxy groups -OCH3 is 2. The van der Waals surface area contributed by atoms with Crippen LogP contribution in [0.4, 0.5) is 0 Å². The van der Waals surface area contributed by atoms with E-state index in [-0.39, 0.29) is 17.7 Å². The van der Waals surface area contributed by atoms with Crippen molar-refractivity contribution in [2.45, 2.75) is 12.5 Å². The fourth-order valence-electron chi connectivity index (χ4n) is 5.15. The number of fused-ring (bicyclic) bond motifs is 2. The molecule has 1 aliphatic rings. The molecule has 0 saturated carbocycles. The van der Waals surface area contributed by atoms with E-state index in [4.69, 9.17) is 9.47 Å². The minimum atomic E-state index is -0.359. The third-order valence-corrected chi connectivity index (χ3v) is 7.01. The SMILES string of the molecule is COc1cccc(-c2n[nH]c3c2[C@H](c2ccc(O)cc2)N(CCc2c[nH]c4ccc(OC)cc24)C3=O)c1. The number of phenolic OH excluding ortho intramolecular Hbond substituents is 1. The molecular formula is C29H26N4O4. The van der Waals surface area contributed by atoms with Crippen LogP contribution < -0.4 is 9.47 Å². The number of carbonyl (C=O) groups is 1. The molecule has 5 aromatic rings. The first-order chi connectivity index (χ1) is 18.1. The molecule has 2 aromatic heterocycles. The summed E-state index contributed by atoms with van der Waals surface area (Å²) >= 11 is 0. The van der Waals surface area contributed by atoms with Crippen LogP contribution in [0.5, 0.6) is 17.2 Å². The van der Waals surface area contributed by atoms with Crippen molar-refractivity contribution in [1.82, 2.24) is 20.1 Å². The van der Waals surface area contributed by atoms with Crippen LogP contribution in [0.25, 0.3) is 22.2 Å². The Balaban J connectivity index is 1.40. The molecule has 0 aliphatic carbocycles. The highest BCUT2D eigenvalue weighted by molar-refractivity contribution is 6.00. The number of hydrogen-bond donors (Lipinski definition) is 3. The van der Waals surface area contributed by atoms with Gasteiger partial charge < -0.3 is 24.5 Å². The van der Waals surface area contributed by atoms with Crippen molar-refractivity contribution in [3.63, 3.8) is 0 Å². The van der Waals surface area contributed by atoms with Gasteiger partial charge in [-0.1, -0.05) is 24.3 Å². The molecular weight excluding hydrogens is 468 g/mol. The quantitative estimate of drug-likeness (QED) is 0.293. The van der Waals surface area contributed by atoms with Gasteiger partial charge in [-0.3, -0.25) is 9.89 Å². The fraction of sp³-hybridized carbons (Fsp3) is 0.172. The van der Waals surface area contributed by atoms with Crippen molar-refractivity contribution in [1.29, 1.82) is 0 Å². The summed E-state index contributed by atoms with van der Waals surface area (Å²) in [5.41, 5.74) is 5.90. The maximum atomic E-state index is 13.7. The minimum absolute atomic E-state index is 0.104. The number of nitrogens with zero attached hydrogens (tertiary/aromatic N) is 2. The van der Waals surface area contributed by atoms with Gasteiger partial charge >= 0.3 is 0 Å². The van der Waals surface area contributed by atoms with Gasteiger partial charge in [0.25, 0.3) is 5.91 Å². The van der Waals surface area contributed by atoms with Gasteiger partial charge in [0.05, 0.1) is 26.0 Å². The maximum absolute atomic E-state index is 13.7. The third-order valence-electron chi connectivity index (χ3n) is 7.01. The predicted octanol–water partition coefficient (Wildman–Crippen LogP) is 5.07. The lowest BCUT2D eigenvalue weighted by molar-refractivity contribution is 0.0746. The Morgan fingerprint density at radius 3 is 2.57 bits per heavy atom. The normalized spacial score (nSPS) is 14.8. The summed E-state index contributed by atoms with van der Waals surface area (Å²) in [4.78, 5) is 18.9. The van der Waals surface area contributed by atoms with Crippen molar-refractivity contribution in [3.05, 3.63) is 95.3 Å². The molecule has 0 saturated heterocycles. The standard InChI is InChI=1S/C29H26N4O4/c1-36-21-5-3-4-18(14-21)26-25-27(32-31-26)29(35)33(28(25)17-6-8-20(34)9-7-17)13-12-19-16-30-24-11-10-22(37-2)15-23(19)24/h3-11,14-16,28,30,34H,12-13H2,1-2H3,(H,31,32)/t28-/m0/s1. The molecule has 8 nitrogen and oxygen atoms in total. The highest BCUT2D eigenvalue weighted by atomic mass is 16.5. The molecule has 1 aliphatic heterocycles. The summed E-state index contributed by atoms with van der Waals surface area (Å²) in [5, 5.41) is 18.5. The number of carbonyl (C=O) groups excluding carboxylic acids is 1. The molecule has 37 heavy (non-hydrogen) atoms. The molecule has 0 fully saturated rings. The second kappa shape index (κ2) is 9.05. The fourth-order valence-corrected chi connectivity index (χ4v) is 5.15. The number of phenols is 1. The molecule has 8 heteroatoms. The van der Waals surface area contributed by atoms with Gasteiger partial charge in [-0.15, -0.1) is 0 Å². The lowest BCUT2D eigenvalue weighted by atomic mass is 9.95. The Hall–Kier alpha value is -4.72. The van der Waals surface area contributed by atoms with Crippen LogP contribution in [0, 0.1) is 0 Å². The van der Waals surface area contributed by atoms with E-state index in [1.165, 1.54) is 0 Å². The van der Waals surface area contributed by atoms with Crippen LogP contribution >= 0.6 is 0 Å². The van der Waals surface area contributed by atoms with Gasteiger partial charge in [-0.25, -0.2) is 0 Å². The van der Waals surface area contributed by atoms with E-state index in [1.807, 2.05) is 65.7 Å². The van der Waals surface area contributed by atoms with Crippen LogP contribution in [-0.4, -0.2) is 51.9 Å². The molecule has 1 amide bonds. The van der Waals surface area contributed by atoms with Gasteiger partial charge in [-0.2, -0.15) is 5.10 Å². The Labute approximate surface area is 213 Å². The summed E-state index contributed by atoms with van der Waals surface area (Å²) in [6.45, 7) is 0.495. The lowest BCUT2D eigenvalue weighted by Gasteiger charge is -2.26. The number of rotatable bonds is 7. The average Bonchev–Trinajstić information content (AvgIpc) is 3.61. The Bertz CT molecular complexity index is 1600. The van der Waals surface area contributed by atoms with Crippen LogP contribution in [0.2, 0.25) is 0 Å². The van der Waals surface area contributed by atoms with E-state index in [1.54, 1.807) is 26.4 Å². The number of benzene rings is 3. The summed E-state index contributed by atoms with van der Waals surface area (Å²) in [7, 11) is 3.28. The molecule has 186 valence electrons. The molecule has 1 atom stereocenters. The molecule has 0 unspecified atom stereocenters. The number of ether oxygens (including phenoxy) is 2. The summed E-state index contributed by atoms with van der Waals surface area (Å²) in [6, 6.07) is 20.2. The Morgan fingerprint density at radius 2 is 1.78 bits per heavy atom. The van der Waals surface area contributed by atoms with Gasteiger partial charge in [0, 0.05) is 34.8 Å². The zero-order chi connectivity index (χ0) is 25.5. The number of nitrogens with one attached hydrogen (secondary N) is 2. The zero-order valence-electron chi connectivity index (χ0n) is 20.5. The van der Waals surface area contributed by atoms with Crippen LogP contribution in [-0.2, 0) is 6.42 Å². The number of amides is 1. The van der Waals surface area contributed by atoms with Crippen molar-refractivity contribution in [2.24, 2.45) is 0 Å². The minimum Gasteiger partial charge on any atom is -0.508 e. The molecule has 3 heterocycles. The van der Waals surface area contributed by atoms with E-state index in [0.29, 0.717) is 30.1 Å². The smallest absolute Gasteiger partial charge is 0.273 e. The highest BCUT2D eigenvalue weighted by Gasteiger charge is 2.42. The topological polar surface area (TPSA) is 103 Å². The molecule has 6 rings (SSSR count). The van der Waals surface area contributed by atoms with Crippen LogP contribution in [0.3, 0.4) is 0 Å². The van der Waals surface area contributed by atoms with Crippen LogP contribution in [0.15, 0.2) is 72.9 Å². The van der Waals surface area contributed by atoms with Gasteiger partial charge in [0.15, 0.2) is 0 Å². The van der Waals surface area contributed by atoms with Gasteiger partial charge in [0.2, 0.25) is 0 Å². The molecule has 0 spiro atoms. The van der Waals surface area contributed by atoms with Crippen molar-refractivity contribution < 1.29 is 19.4 Å². The molecule has 3 N–H and O–H groups in total. The number of hydrogen-bond acceptors (Lipinski definition) is 5. The number of H-pyrrole nitrogens is 2. The number of aromatic amines is 2.